The van der Waals surface area contributed by atoms with E-state index in [1.54, 1.807) is 12.1 Å². The summed E-state index contributed by atoms with van der Waals surface area (Å²) in [4.78, 5) is 42.3. The van der Waals surface area contributed by atoms with Gasteiger partial charge in [0.25, 0.3) is 0 Å². The van der Waals surface area contributed by atoms with Crippen molar-refractivity contribution in [3.63, 3.8) is 0 Å². The number of hydrogen-bond acceptors (Lipinski definition) is 4. The van der Waals surface area contributed by atoms with E-state index in [-0.39, 0.29) is 17.4 Å². The molecule has 1 unspecified atom stereocenters. The third kappa shape index (κ3) is 5.17. The predicted octanol–water partition coefficient (Wildman–Crippen LogP) is 3.91. The summed E-state index contributed by atoms with van der Waals surface area (Å²) in [5, 5.41) is 12.3. The van der Waals surface area contributed by atoms with Crippen LogP contribution in [-0.2, 0) is 16.1 Å². The van der Waals surface area contributed by atoms with Crippen LogP contribution in [0.4, 0.5) is 0 Å². The van der Waals surface area contributed by atoms with E-state index in [4.69, 9.17) is 0 Å². The number of hydrogen-bond donors (Lipinski definition) is 2. The van der Waals surface area contributed by atoms with Crippen molar-refractivity contribution in [3.05, 3.63) is 52.8 Å². The van der Waals surface area contributed by atoms with Gasteiger partial charge >= 0.3 is 5.97 Å². The number of piperazine rings is 1. The van der Waals surface area contributed by atoms with Crippen LogP contribution in [-0.4, -0.2) is 68.5 Å². The number of nitrogens with one attached hydrogen (secondary N) is 1. The van der Waals surface area contributed by atoms with E-state index in [0.29, 0.717) is 31.7 Å². The smallest absolute Gasteiger partial charge is 0.335 e. The first-order valence-corrected chi connectivity index (χ1v) is 13.4. The summed E-state index contributed by atoms with van der Waals surface area (Å²) in [6, 6.07) is 8.70. The highest BCUT2D eigenvalue weighted by atomic mass is 16.4. The predicted molar refractivity (Wildman–Crippen MR) is 143 cm³/mol. The molecule has 0 aliphatic carbocycles. The van der Waals surface area contributed by atoms with Crippen molar-refractivity contribution in [1.29, 1.82) is 0 Å². The van der Waals surface area contributed by atoms with Gasteiger partial charge in [-0.2, -0.15) is 0 Å². The summed E-state index contributed by atoms with van der Waals surface area (Å²) in [5.41, 5.74) is 3.88. The van der Waals surface area contributed by atoms with E-state index in [9.17, 15) is 19.5 Å². The Kier molecular flexibility index (Phi) is 7.78. The third-order valence-corrected chi connectivity index (χ3v) is 7.95. The molecule has 2 saturated heterocycles. The van der Waals surface area contributed by atoms with Gasteiger partial charge in [-0.05, 0) is 81.3 Å². The number of rotatable bonds is 8. The number of amides is 2. The molecule has 1 atom stereocenters. The molecule has 0 radical (unpaired) electrons. The highest BCUT2D eigenvalue weighted by molar-refractivity contribution is 6.00. The van der Waals surface area contributed by atoms with Crippen LogP contribution in [0, 0.1) is 19.8 Å². The second kappa shape index (κ2) is 10.7. The molecule has 8 heteroatoms. The first-order valence-electron chi connectivity index (χ1n) is 13.4. The summed E-state index contributed by atoms with van der Waals surface area (Å²) < 4.78 is 2.15. The van der Waals surface area contributed by atoms with Gasteiger partial charge in [-0.3, -0.25) is 14.5 Å². The minimum atomic E-state index is -0.933. The number of nitrogens with zero attached hydrogens (tertiary/aromatic N) is 3. The maximum atomic E-state index is 13.4. The molecule has 0 bridgehead atoms. The number of carbonyl (C=O) groups is 3. The molecule has 2 aliphatic heterocycles. The van der Waals surface area contributed by atoms with Crippen molar-refractivity contribution < 1.29 is 19.5 Å². The Hall–Kier alpha value is -3.13. The van der Waals surface area contributed by atoms with Crippen molar-refractivity contribution in [2.75, 3.05) is 19.6 Å². The molecule has 1 spiro atoms. The number of benzene rings is 1. The normalized spacial score (nSPS) is 20.1. The molecule has 2 N–H and O–H groups in total. The third-order valence-electron chi connectivity index (χ3n) is 7.95. The first-order chi connectivity index (χ1) is 17.6. The molecule has 3 heterocycles. The maximum Gasteiger partial charge on any atom is 0.335 e. The number of aryl methyl sites for hydroxylation is 1. The highest BCUT2D eigenvalue weighted by Gasteiger charge is 2.53. The monoisotopic (exact) mass is 508 g/mol. The van der Waals surface area contributed by atoms with Crippen molar-refractivity contribution in [1.82, 2.24) is 19.7 Å². The zero-order valence-electron chi connectivity index (χ0n) is 22.7. The van der Waals surface area contributed by atoms with Gasteiger partial charge in [0.1, 0.15) is 11.6 Å². The Labute approximate surface area is 219 Å². The van der Waals surface area contributed by atoms with Crippen LogP contribution in [0.3, 0.4) is 0 Å². The fourth-order valence-electron chi connectivity index (χ4n) is 6.01. The van der Waals surface area contributed by atoms with Crippen molar-refractivity contribution in [3.8, 4) is 5.69 Å². The second-order valence-electron chi connectivity index (χ2n) is 11.0. The average molecular weight is 509 g/mol. The topological polar surface area (TPSA) is 94.9 Å². The van der Waals surface area contributed by atoms with Crippen LogP contribution in [0.15, 0.2) is 30.3 Å². The molecule has 37 heavy (non-hydrogen) atoms. The number of carbonyl (C=O) groups excluding carboxylic acids is 2. The Morgan fingerprint density at radius 2 is 1.78 bits per heavy atom. The molecule has 8 nitrogen and oxygen atoms in total. The van der Waals surface area contributed by atoms with Crippen molar-refractivity contribution in [2.45, 2.75) is 78.4 Å². The van der Waals surface area contributed by atoms with Crippen molar-refractivity contribution >= 4 is 17.8 Å². The van der Waals surface area contributed by atoms with Crippen LogP contribution in [0.25, 0.3) is 5.69 Å². The second-order valence-corrected chi connectivity index (χ2v) is 11.0. The Balaban J connectivity index is 1.48. The molecule has 2 aliphatic rings. The Bertz CT molecular complexity index is 1160. The zero-order valence-corrected chi connectivity index (χ0v) is 22.7. The van der Waals surface area contributed by atoms with Gasteiger partial charge in [-0.1, -0.05) is 20.8 Å². The molecule has 2 amide bonds. The zero-order chi connectivity index (χ0) is 26.9. The molecule has 0 saturated carbocycles. The molecule has 1 aromatic heterocycles. The van der Waals surface area contributed by atoms with E-state index in [1.807, 2.05) is 17.0 Å². The van der Waals surface area contributed by atoms with Crippen LogP contribution < -0.4 is 5.32 Å². The number of carboxylic acid groups (broad SMARTS) is 1. The summed E-state index contributed by atoms with van der Waals surface area (Å²) in [6.45, 7) is 13.2. The summed E-state index contributed by atoms with van der Waals surface area (Å²) in [6.07, 6.45) is 2.77. The number of aromatic carboxylic acids is 1. The number of likely N-dealkylation sites (tertiary alicyclic amines) is 1. The molecule has 2 fully saturated rings. The maximum absolute atomic E-state index is 13.4. The molecular weight excluding hydrogens is 468 g/mol. The molecule has 4 rings (SSSR count). The van der Waals surface area contributed by atoms with E-state index >= 15 is 0 Å². The minimum absolute atomic E-state index is 0.00818. The van der Waals surface area contributed by atoms with Gasteiger partial charge < -0.3 is 19.9 Å². The average Bonchev–Trinajstić information content (AvgIpc) is 3.13. The quantitative estimate of drug-likeness (QED) is 0.564. The van der Waals surface area contributed by atoms with Gasteiger partial charge in [-0.25, -0.2) is 4.79 Å². The standard InChI is InChI=1S/C29H40N4O4/c1-6-13-32-26(34)25(16-19(2)3)30-28(37)29(32)11-14-31(15-12-29)18-23-17-20(4)33(21(23)5)24-9-7-22(8-10-24)27(35)36/h7-10,17,19,25H,6,11-16,18H2,1-5H3,(H,30,37)(H,35,36). The van der Waals surface area contributed by atoms with Gasteiger partial charge in [-0.15, -0.1) is 0 Å². The summed E-state index contributed by atoms with van der Waals surface area (Å²) >= 11 is 0. The minimum Gasteiger partial charge on any atom is -0.478 e. The lowest BCUT2D eigenvalue weighted by atomic mass is 9.80. The largest absolute Gasteiger partial charge is 0.478 e. The lowest BCUT2D eigenvalue weighted by Crippen LogP contribution is -2.73. The summed E-state index contributed by atoms with van der Waals surface area (Å²) in [5.74, 6) is -0.519. The van der Waals surface area contributed by atoms with Gasteiger partial charge in [0.05, 0.1) is 5.56 Å². The number of piperidine rings is 1. The van der Waals surface area contributed by atoms with Crippen LogP contribution in [0.1, 0.15) is 73.8 Å². The summed E-state index contributed by atoms with van der Waals surface area (Å²) in [7, 11) is 0. The Morgan fingerprint density at radius 1 is 1.14 bits per heavy atom. The fourth-order valence-corrected chi connectivity index (χ4v) is 6.01. The highest BCUT2D eigenvalue weighted by Crippen LogP contribution is 2.35. The van der Waals surface area contributed by atoms with Crippen LogP contribution >= 0.6 is 0 Å². The molecule has 1 aromatic carbocycles. The van der Waals surface area contributed by atoms with E-state index < -0.39 is 17.6 Å². The number of aromatic nitrogens is 1. The fraction of sp³-hybridized carbons (Fsp3) is 0.552. The van der Waals surface area contributed by atoms with E-state index in [0.717, 1.165) is 43.1 Å². The lowest BCUT2D eigenvalue weighted by Gasteiger charge is -2.51. The van der Waals surface area contributed by atoms with Crippen LogP contribution in [0.2, 0.25) is 0 Å². The van der Waals surface area contributed by atoms with E-state index in [2.05, 4.69) is 55.5 Å². The Morgan fingerprint density at radius 3 is 2.35 bits per heavy atom. The van der Waals surface area contributed by atoms with Crippen molar-refractivity contribution in [2.24, 2.45) is 5.92 Å². The number of carboxylic acids is 1. The lowest BCUT2D eigenvalue weighted by molar-refractivity contribution is -0.161. The molecule has 2 aromatic rings. The SMILES string of the molecule is CCCN1C(=O)C(CC(C)C)NC(=O)C12CCN(Cc1cc(C)n(-c3ccc(C(=O)O)cc3)c1C)CC2. The molecular formula is C29H40N4O4. The molecule has 200 valence electrons. The van der Waals surface area contributed by atoms with Crippen LogP contribution in [0.5, 0.6) is 0 Å². The first kappa shape index (κ1) is 26.9. The van der Waals surface area contributed by atoms with Gasteiger partial charge in [0.15, 0.2) is 0 Å². The van der Waals surface area contributed by atoms with Gasteiger partial charge in [0, 0.05) is 43.3 Å². The van der Waals surface area contributed by atoms with Gasteiger partial charge in [0.2, 0.25) is 11.8 Å². The van der Waals surface area contributed by atoms with E-state index in [1.165, 1.54) is 5.56 Å².